The monoisotopic (exact) mass is 201 g/mol. The van der Waals surface area contributed by atoms with E-state index in [0.717, 1.165) is 30.7 Å². The number of amides is 1. The van der Waals surface area contributed by atoms with Crippen LogP contribution in [0.3, 0.4) is 0 Å². The third kappa shape index (κ3) is 3.66. The first-order chi connectivity index (χ1) is 6.52. The molecule has 0 aliphatic carbocycles. The van der Waals surface area contributed by atoms with Crippen LogP contribution in [0.1, 0.15) is 27.7 Å². The molecule has 0 aliphatic heterocycles. The van der Waals surface area contributed by atoms with Crippen LogP contribution in [0.25, 0.3) is 0 Å². The lowest BCUT2D eigenvalue weighted by Crippen LogP contribution is -2.51. The molecule has 0 unspecified atom stereocenters. The molecule has 3 nitrogen and oxygen atoms in total. The molecule has 14 heavy (non-hydrogen) atoms. The van der Waals surface area contributed by atoms with Gasteiger partial charge in [-0.1, -0.05) is 0 Å². The van der Waals surface area contributed by atoms with Crippen molar-refractivity contribution < 1.29 is 9.28 Å². The minimum atomic E-state index is 0.279. The first-order valence-electron chi connectivity index (χ1n) is 5.64. The Morgan fingerprint density at radius 3 is 1.79 bits per heavy atom. The average molecular weight is 201 g/mol. The highest BCUT2D eigenvalue weighted by Crippen LogP contribution is 2.03. The second-order valence-electron chi connectivity index (χ2n) is 3.98. The van der Waals surface area contributed by atoms with Gasteiger partial charge in [0.1, 0.15) is 0 Å². The van der Waals surface area contributed by atoms with E-state index >= 15 is 0 Å². The van der Waals surface area contributed by atoms with Crippen molar-refractivity contribution in [3.63, 3.8) is 0 Å². The summed E-state index contributed by atoms with van der Waals surface area (Å²) in [5.74, 6) is 0.279. The first-order valence-corrected chi connectivity index (χ1v) is 5.64. The molecule has 0 saturated heterocycles. The molecule has 0 aromatic heterocycles. The van der Waals surface area contributed by atoms with Gasteiger partial charge in [-0.05, 0) is 27.7 Å². The highest BCUT2D eigenvalue weighted by Gasteiger charge is 2.23. The third-order valence-corrected chi connectivity index (χ3v) is 3.16. The number of rotatable bonds is 6. The molecule has 1 amide bonds. The summed E-state index contributed by atoms with van der Waals surface area (Å²) >= 11 is 0. The van der Waals surface area contributed by atoms with Gasteiger partial charge in [-0.15, -0.1) is 0 Å². The maximum atomic E-state index is 11.8. The van der Waals surface area contributed by atoms with Gasteiger partial charge in [0.25, 0.3) is 5.91 Å². The summed E-state index contributed by atoms with van der Waals surface area (Å²) in [5.41, 5.74) is 0. The van der Waals surface area contributed by atoms with E-state index < -0.39 is 0 Å². The van der Waals surface area contributed by atoms with Gasteiger partial charge in [0.05, 0.1) is 20.1 Å². The Bertz CT molecular complexity index is 172. The van der Waals surface area contributed by atoms with E-state index in [9.17, 15) is 4.79 Å². The van der Waals surface area contributed by atoms with Crippen molar-refractivity contribution in [2.45, 2.75) is 27.7 Å². The van der Waals surface area contributed by atoms with Crippen molar-refractivity contribution >= 4 is 5.91 Å². The van der Waals surface area contributed by atoms with Crippen LogP contribution in [-0.2, 0) is 4.79 Å². The maximum absolute atomic E-state index is 11.8. The van der Waals surface area contributed by atoms with Crippen LogP contribution in [-0.4, -0.2) is 55.1 Å². The van der Waals surface area contributed by atoms with Gasteiger partial charge in [-0.25, -0.2) is 0 Å². The van der Waals surface area contributed by atoms with Crippen LogP contribution in [0.4, 0.5) is 0 Å². The standard InChI is InChI=1S/C11H25N2O/c1-6-12(7-2)11(14)10-13(5,8-3)9-4/h6-10H2,1-5H3/q+1. The zero-order chi connectivity index (χ0) is 11.2. The van der Waals surface area contributed by atoms with Crippen LogP contribution in [0.2, 0.25) is 0 Å². The predicted octanol–water partition coefficient (Wildman–Crippen LogP) is 1.34. The lowest BCUT2D eigenvalue weighted by Gasteiger charge is -2.33. The lowest BCUT2D eigenvalue weighted by molar-refractivity contribution is -0.898. The average Bonchev–Trinajstić information content (AvgIpc) is 2.19. The topological polar surface area (TPSA) is 20.3 Å². The molecule has 0 N–H and O–H groups in total. The van der Waals surface area contributed by atoms with Crippen molar-refractivity contribution in [2.24, 2.45) is 0 Å². The van der Waals surface area contributed by atoms with Gasteiger partial charge in [-0.3, -0.25) is 4.79 Å². The van der Waals surface area contributed by atoms with Crippen LogP contribution >= 0.6 is 0 Å². The molecule has 0 atom stereocenters. The molecule has 0 radical (unpaired) electrons. The van der Waals surface area contributed by atoms with E-state index in [4.69, 9.17) is 0 Å². The largest absolute Gasteiger partial charge is 0.338 e. The van der Waals surface area contributed by atoms with Crippen molar-refractivity contribution in [3.05, 3.63) is 0 Å². The Morgan fingerprint density at radius 2 is 1.50 bits per heavy atom. The molecule has 0 saturated carbocycles. The van der Waals surface area contributed by atoms with E-state index in [1.54, 1.807) is 0 Å². The fraction of sp³-hybridized carbons (Fsp3) is 0.909. The number of likely N-dealkylation sites (N-methyl/N-ethyl adjacent to an activating group) is 2. The Hall–Kier alpha value is -0.570. The molecule has 0 aliphatic rings. The molecule has 84 valence electrons. The number of carbonyl (C=O) groups excluding carboxylic acids is 1. The Labute approximate surface area is 88.3 Å². The molecular weight excluding hydrogens is 176 g/mol. The second-order valence-corrected chi connectivity index (χ2v) is 3.98. The molecule has 0 bridgehead atoms. The normalized spacial score (nSPS) is 11.5. The summed E-state index contributed by atoms with van der Waals surface area (Å²) < 4.78 is 0.843. The summed E-state index contributed by atoms with van der Waals surface area (Å²) in [6.45, 7) is 12.7. The first kappa shape index (κ1) is 13.4. The number of nitrogens with zero attached hydrogens (tertiary/aromatic N) is 2. The molecule has 0 fully saturated rings. The van der Waals surface area contributed by atoms with E-state index in [2.05, 4.69) is 20.9 Å². The molecule has 0 spiro atoms. The number of quaternary nitrogens is 1. The van der Waals surface area contributed by atoms with Crippen LogP contribution in [0.5, 0.6) is 0 Å². The van der Waals surface area contributed by atoms with Gasteiger partial charge in [0.2, 0.25) is 0 Å². The minimum Gasteiger partial charge on any atom is -0.338 e. The Morgan fingerprint density at radius 1 is 1.07 bits per heavy atom. The zero-order valence-corrected chi connectivity index (χ0v) is 10.3. The summed E-state index contributed by atoms with van der Waals surface area (Å²) in [6, 6.07) is 0. The number of hydrogen-bond acceptors (Lipinski definition) is 1. The zero-order valence-electron chi connectivity index (χ0n) is 10.3. The highest BCUT2D eigenvalue weighted by atomic mass is 16.2. The van der Waals surface area contributed by atoms with Crippen LogP contribution < -0.4 is 0 Å². The van der Waals surface area contributed by atoms with Crippen molar-refractivity contribution in [2.75, 3.05) is 39.8 Å². The van der Waals surface area contributed by atoms with Gasteiger partial charge >= 0.3 is 0 Å². The van der Waals surface area contributed by atoms with Crippen LogP contribution in [0.15, 0.2) is 0 Å². The Kier molecular flexibility index (Phi) is 5.77. The number of carbonyl (C=O) groups is 1. The van der Waals surface area contributed by atoms with Gasteiger partial charge in [0.15, 0.2) is 6.54 Å². The molecule has 0 aromatic rings. The van der Waals surface area contributed by atoms with E-state index in [1.807, 2.05) is 18.7 Å². The fourth-order valence-electron chi connectivity index (χ4n) is 1.45. The van der Waals surface area contributed by atoms with Gasteiger partial charge in [0, 0.05) is 13.1 Å². The third-order valence-electron chi connectivity index (χ3n) is 3.16. The second kappa shape index (κ2) is 6.02. The van der Waals surface area contributed by atoms with E-state index in [0.29, 0.717) is 6.54 Å². The minimum absolute atomic E-state index is 0.279. The summed E-state index contributed by atoms with van der Waals surface area (Å²) in [5, 5.41) is 0. The van der Waals surface area contributed by atoms with Gasteiger partial charge < -0.3 is 9.38 Å². The maximum Gasteiger partial charge on any atom is 0.277 e. The molecule has 0 aromatic carbocycles. The fourth-order valence-corrected chi connectivity index (χ4v) is 1.45. The quantitative estimate of drug-likeness (QED) is 0.594. The predicted molar refractivity (Wildman–Crippen MR) is 60.1 cm³/mol. The number of hydrogen-bond donors (Lipinski definition) is 0. The smallest absolute Gasteiger partial charge is 0.277 e. The van der Waals surface area contributed by atoms with Crippen molar-refractivity contribution in [1.82, 2.24) is 4.90 Å². The van der Waals surface area contributed by atoms with Crippen molar-refractivity contribution in [3.8, 4) is 0 Å². The highest BCUT2D eigenvalue weighted by molar-refractivity contribution is 5.77. The van der Waals surface area contributed by atoms with Gasteiger partial charge in [-0.2, -0.15) is 0 Å². The van der Waals surface area contributed by atoms with E-state index in [-0.39, 0.29) is 5.91 Å². The summed E-state index contributed by atoms with van der Waals surface area (Å²) in [4.78, 5) is 13.8. The SMILES string of the molecule is CCN(CC)C(=O)C[N+](C)(CC)CC. The molecular formula is C11H25N2O+. The lowest BCUT2D eigenvalue weighted by atomic mass is 10.3. The van der Waals surface area contributed by atoms with Crippen LogP contribution in [0, 0.1) is 0 Å². The summed E-state index contributed by atoms with van der Waals surface area (Å²) in [7, 11) is 2.14. The summed E-state index contributed by atoms with van der Waals surface area (Å²) in [6.07, 6.45) is 0. The molecule has 0 rings (SSSR count). The van der Waals surface area contributed by atoms with E-state index in [1.165, 1.54) is 0 Å². The molecule has 0 heterocycles. The Balaban J connectivity index is 4.28. The molecule has 3 heteroatoms. The van der Waals surface area contributed by atoms with Crippen molar-refractivity contribution in [1.29, 1.82) is 0 Å².